The number of nitrogens with zero attached hydrogens (tertiary/aromatic N) is 2. The summed E-state index contributed by atoms with van der Waals surface area (Å²) in [5.74, 6) is 0. The van der Waals surface area contributed by atoms with Crippen molar-refractivity contribution in [2.75, 3.05) is 0 Å². The molecule has 0 spiro atoms. The van der Waals surface area contributed by atoms with Gasteiger partial charge < -0.3 is 0 Å². The first-order chi connectivity index (χ1) is 8.90. The van der Waals surface area contributed by atoms with Gasteiger partial charge in [0, 0.05) is 10.9 Å². The molecule has 0 saturated heterocycles. The lowest BCUT2D eigenvalue weighted by molar-refractivity contribution is 1.12. The van der Waals surface area contributed by atoms with E-state index in [1.165, 1.54) is 0 Å². The van der Waals surface area contributed by atoms with Gasteiger partial charge in [-0.1, -0.05) is 42.5 Å². The number of rotatable bonds is 2. The Bertz CT molecular complexity index is 720. The van der Waals surface area contributed by atoms with E-state index in [0.29, 0.717) is 6.42 Å². The van der Waals surface area contributed by atoms with Crippen LogP contribution < -0.4 is 0 Å². The molecule has 0 fully saturated rings. The molecular weight excluding hydrogens is 222 g/mol. The highest BCUT2D eigenvalue weighted by molar-refractivity contribution is 5.95. The molecule has 18 heavy (non-hydrogen) atoms. The molecule has 2 aromatic carbocycles. The molecule has 3 rings (SSSR count). The van der Waals surface area contributed by atoms with Gasteiger partial charge in [-0.05, 0) is 11.6 Å². The number of hydrogen-bond donors (Lipinski definition) is 1. The summed E-state index contributed by atoms with van der Waals surface area (Å²) in [6, 6.07) is 18.1. The highest BCUT2D eigenvalue weighted by Gasteiger charge is 2.11. The fraction of sp³-hybridized carbons (Fsp3) is 0.0667. The Morgan fingerprint density at radius 2 is 1.89 bits per heavy atom. The number of aromatic amines is 1. The molecular formula is C15H11N3. The van der Waals surface area contributed by atoms with E-state index in [2.05, 4.69) is 16.3 Å². The number of nitriles is 1. The smallest absolute Gasteiger partial charge is 0.100 e. The lowest BCUT2D eigenvalue weighted by Gasteiger charge is -2.01. The van der Waals surface area contributed by atoms with Gasteiger partial charge in [0.2, 0.25) is 0 Å². The van der Waals surface area contributed by atoms with E-state index < -0.39 is 0 Å². The van der Waals surface area contributed by atoms with Crippen molar-refractivity contribution >= 4 is 10.9 Å². The summed E-state index contributed by atoms with van der Waals surface area (Å²) < 4.78 is 0. The summed E-state index contributed by atoms with van der Waals surface area (Å²) in [6.45, 7) is 0. The van der Waals surface area contributed by atoms with E-state index in [4.69, 9.17) is 5.26 Å². The Kier molecular flexibility index (Phi) is 2.54. The number of hydrogen-bond acceptors (Lipinski definition) is 2. The lowest BCUT2D eigenvalue weighted by Crippen LogP contribution is -1.85. The van der Waals surface area contributed by atoms with E-state index in [0.717, 1.165) is 27.7 Å². The summed E-state index contributed by atoms with van der Waals surface area (Å²) in [6.07, 6.45) is 0.400. The van der Waals surface area contributed by atoms with Gasteiger partial charge in [-0.3, -0.25) is 5.10 Å². The highest BCUT2D eigenvalue weighted by Crippen LogP contribution is 2.29. The number of fused-ring (bicyclic) bond motifs is 1. The quantitative estimate of drug-likeness (QED) is 0.738. The molecule has 3 heteroatoms. The molecule has 3 nitrogen and oxygen atoms in total. The van der Waals surface area contributed by atoms with Crippen molar-refractivity contribution in [3.63, 3.8) is 0 Å². The number of benzene rings is 2. The fourth-order valence-electron chi connectivity index (χ4n) is 2.18. The first-order valence-corrected chi connectivity index (χ1v) is 5.78. The minimum absolute atomic E-state index is 0.400. The molecule has 86 valence electrons. The van der Waals surface area contributed by atoms with Crippen molar-refractivity contribution in [3.05, 3.63) is 54.1 Å². The van der Waals surface area contributed by atoms with E-state index in [9.17, 15) is 0 Å². The van der Waals surface area contributed by atoms with E-state index >= 15 is 0 Å². The molecule has 0 saturated carbocycles. The van der Waals surface area contributed by atoms with Gasteiger partial charge in [-0.25, -0.2) is 0 Å². The maximum absolute atomic E-state index is 8.90. The summed E-state index contributed by atoms with van der Waals surface area (Å²) in [5.41, 5.74) is 3.97. The zero-order valence-corrected chi connectivity index (χ0v) is 9.72. The van der Waals surface area contributed by atoms with Gasteiger partial charge in [0.15, 0.2) is 0 Å². The Morgan fingerprint density at radius 1 is 1.06 bits per heavy atom. The second-order valence-corrected chi connectivity index (χ2v) is 4.11. The molecule has 0 radical (unpaired) electrons. The summed E-state index contributed by atoms with van der Waals surface area (Å²) >= 11 is 0. The Hall–Kier alpha value is -2.60. The number of nitrogens with one attached hydrogen (secondary N) is 1. The Morgan fingerprint density at radius 3 is 2.67 bits per heavy atom. The first-order valence-electron chi connectivity index (χ1n) is 5.78. The third-order valence-corrected chi connectivity index (χ3v) is 2.99. The van der Waals surface area contributed by atoms with Crippen LogP contribution in [0.15, 0.2) is 48.5 Å². The molecule has 3 aromatic rings. The topological polar surface area (TPSA) is 52.5 Å². The standard InChI is InChI=1S/C15H11N3/c16-10-9-11-7-4-8-13-14(11)15(18-17-13)12-5-2-1-3-6-12/h1-8H,9H2,(H,17,18). The van der Waals surface area contributed by atoms with Gasteiger partial charge in [-0.15, -0.1) is 0 Å². The molecule has 0 atom stereocenters. The normalized spacial score (nSPS) is 10.4. The molecule has 0 amide bonds. The van der Waals surface area contributed by atoms with E-state index in [1.54, 1.807) is 0 Å². The minimum Gasteiger partial charge on any atom is -0.277 e. The Balaban J connectivity index is 2.28. The zero-order valence-electron chi connectivity index (χ0n) is 9.72. The molecule has 0 aliphatic rings. The second kappa shape index (κ2) is 4.34. The summed E-state index contributed by atoms with van der Waals surface area (Å²) in [7, 11) is 0. The van der Waals surface area contributed by atoms with Crippen LogP contribution in [0.4, 0.5) is 0 Å². The van der Waals surface area contributed by atoms with Gasteiger partial charge in [0.1, 0.15) is 5.69 Å². The molecule has 1 N–H and O–H groups in total. The van der Waals surface area contributed by atoms with Crippen LogP contribution in [0.3, 0.4) is 0 Å². The lowest BCUT2D eigenvalue weighted by atomic mass is 10.0. The van der Waals surface area contributed by atoms with E-state index in [-0.39, 0.29) is 0 Å². The van der Waals surface area contributed by atoms with Gasteiger partial charge in [-0.2, -0.15) is 10.4 Å². The van der Waals surface area contributed by atoms with Gasteiger partial charge in [0.25, 0.3) is 0 Å². The summed E-state index contributed by atoms with van der Waals surface area (Å²) in [5, 5.41) is 17.3. The highest BCUT2D eigenvalue weighted by atomic mass is 15.1. The summed E-state index contributed by atoms with van der Waals surface area (Å²) in [4.78, 5) is 0. The monoisotopic (exact) mass is 233 g/mol. The van der Waals surface area contributed by atoms with Crippen LogP contribution in [0.5, 0.6) is 0 Å². The van der Waals surface area contributed by atoms with Crippen LogP contribution in [0, 0.1) is 11.3 Å². The van der Waals surface area contributed by atoms with Crippen molar-refractivity contribution < 1.29 is 0 Å². The van der Waals surface area contributed by atoms with Gasteiger partial charge in [0.05, 0.1) is 18.0 Å². The SMILES string of the molecule is N#CCc1cccc2[nH]nc(-c3ccccc3)c12. The van der Waals surface area contributed by atoms with Crippen LogP contribution in [0.25, 0.3) is 22.2 Å². The van der Waals surface area contributed by atoms with Crippen LogP contribution in [-0.4, -0.2) is 10.2 Å². The zero-order chi connectivity index (χ0) is 12.4. The maximum Gasteiger partial charge on any atom is 0.100 e. The molecule has 0 unspecified atom stereocenters. The molecule has 0 bridgehead atoms. The number of aromatic nitrogens is 2. The van der Waals surface area contributed by atoms with Crippen molar-refractivity contribution in [3.8, 4) is 17.3 Å². The van der Waals surface area contributed by atoms with Gasteiger partial charge >= 0.3 is 0 Å². The third-order valence-electron chi connectivity index (χ3n) is 2.99. The minimum atomic E-state index is 0.400. The molecule has 0 aliphatic heterocycles. The molecule has 1 heterocycles. The largest absolute Gasteiger partial charge is 0.277 e. The fourth-order valence-corrected chi connectivity index (χ4v) is 2.18. The maximum atomic E-state index is 8.90. The van der Waals surface area contributed by atoms with Crippen molar-refractivity contribution in [2.24, 2.45) is 0 Å². The van der Waals surface area contributed by atoms with Crippen molar-refractivity contribution in [1.29, 1.82) is 5.26 Å². The van der Waals surface area contributed by atoms with E-state index in [1.807, 2.05) is 48.5 Å². The Labute approximate surface area is 105 Å². The second-order valence-electron chi connectivity index (χ2n) is 4.11. The average Bonchev–Trinajstić information content (AvgIpc) is 2.85. The van der Waals surface area contributed by atoms with Crippen LogP contribution in [0.2, 0.25) is 0 Å². The van der Waals surface area contributed by atoms with Crippen molar-refractivity contribution in [1.82, 2.24) is 10.2 Å². The number of H-pyrrole nitrogens is 1. The average molecular weight is 233 g/mol. The third kappa shape index (κ3) is 1.64. The van der Waals surface area contributed by atoms with Crippen molar-refractivity contribution in [2.45, 2.75) is 6.42 Å². The van der Waals surface area contributed by atoms with Crippen LogP contribution in [-0.2, 0) is 6.42 Å². The predicted octanol–water partition coefficient (Wildman–Crippen LogP) is 3.30. The van der Waals surface area contributed by atoms with Crippen LogP contribution >= 0.6 is 0 Å². The first kappa shape index (κ1) is 10.5. The van der Waals surface area contributed by atoms with Crippen LogP contribution in [0.1, 0.15) is 5.56 Å². The predicted molar refractivity (Wildman–Crippen MR) is 70.8 cm³/mol. The molecule has 0 aliphatic carbocycles. The molecule has 1 aromatic heterocycles.